The summed E-state index contributed by atoms with van der Waals surface area (Å²) < 4.78 is 5.38. The summed E-state index contributed by atoms with van der Waals surface area (Å²) in [6.45, 7) is 4.46. The number of amides is 2. The highest BCUT2D eigenvalue weighted by Crippen LogP contribution is 2.23. The lowest BCUT2D eigenvalue weighted by molar-refractivity contribution is -0.145. The highest BCUT2D eigenvalue weighted by molar-refractivity contribution is 5.83. The van der Waals surface area contributed by atoms with Crippen LogP contribution in [0.5, 0.6) is 0 Å². The third-order valence-corrected chi connectivity index (χ3v) is 4.24. The van der Waals surface area contributed by atoms with E-state index in [1.165, 1.54) is 4.90 Å². The lowest BCUT2D eigenvalue weighted by atomic mass is 9.91. The van der Waals surface area contributed by atoms with Gasteiger partial charge >= 0.3 is 12.0 Å². The molecule has 2 N–H and O–H groups in total. The number of rotatable bonds is 3. The Balaban J connectivity index is 1.87. The molecule has 0 saturated carbocycles. The van der Waals surface area contributed by atoms with E-state index in [4.69, 9.17) is 4.74 Å². The molecule has 6 heteroatoms. The summed E-state index contributed by atoms with van der Waals surface area (Å²) in [5, 5.41) is 12.2. The summed E-state index contributed by atoms with van der Waals surface area (Å²) in [7, 11) is 0. The van der Waals surface area contributed by atoms with Crippen LogP contribution < -0.4 is 5.32 Å². The molecule has 3 unspecified atom stereocenters. The van der Waals surface area contributed by atoms with Crippen molar-refractivity contribution in [2.75, 3.05) is 26.3 Å². The van der Waals surface area contributed by atoms with Crippen molar-refractivity contribution in [2.45, 2.75) is 38.6 Å². The summed E-state index contributed by atoms with van der Waals surface area (Å²) in [5.74, 6) is -0.559. The third-order valence-electron chi connectivity index (χ3n) is 4.24. The van der Waals surface area contributed by atoms with Gasteiger partial charge in [-0.1, -0.05) is 6.92 Å². The smallest absolute Gasteiger partial charge is 0.326 e. The molecule has 2 heterocycles. The van der Waals surface area contributed by atoms with E-state index < -0.39 is 12.0 Å². The topological polar surface area (TPSA) is 78.9 Å². The number of piperidine rings is 1. The van der Waals surface area contributed by atoms with Crippen molar-refractivity contribution in [3.63, 3.8) is 0 Å². The van der Waals surface area contributed by atoms with Gasteiger partial charge in [0.2, 0.25) is 0 Å². The maximum Gasteiger partial charge on any atom is 0.326 e. The fourth-order valence-corrected chi connectivity index (χ4v) is 3.09. The molecule has 0 aromatic carbocycles. The second-order valence-electron chi connectivity index (χ2n) is 5.87. The predicted octanol–water partition coefficient (Wildman–Crippen LogP) is 1.31. The van der Waals surface area contributed by atoms with Crippen molar-refractivity contribution in [2.24, 2.45) is 11.8 Å². The van der Waals surface area contributed by atoms with E-state index in [2.05, 4.69) is 5.32 Å². The van der Waals surface area contributed by atoms with Crippen LogP contribution in [0.1, 0.15) is 32.6 Å². The molecule has 3 atom stereocenters. The fraction of sp³-hybridized carbons (Fsp3) is 0.857. The van der Waals surface area contributed by atoms with Crippen LogP contribution in [0.25, 0.3) is 0 Å². The number of likely N-dealkylation sites (tertiary alicyclic amines) is 1. The minimum atomic E-state index is -0.909. The zero-order chi connectivity index (χ0) is 14.5. The van der Waals surface area contributed by atoms with Crippen molar-refractivity contribution in [3.8, 4) is 0 Å². The number of hydrogen-bond acceptors (Lipinski definition) is 3. The summed E-state index contributed by atoms with van der Waals surface area (Å²) in [6.07, 6.45) is 3.81. The van der Waals surface area contributed by atoms with Crippen molar-refractivity contribution < 1.29 is 19.4 Å². The largest absolute Gasteiger partial charge is 0.480 e. The average molecular weight is 284 g/mol. The van der Waals surface area contributed by atoms with E-state index in [1.54, 1.807) is 0 Å². The van der Waals surface area contributed by atoms with Gasteiger partial charge in [-0.3, -0.25) is 0 Å². The molecule has 2 saturated heterocycles. The first kappa shape index (κ1) is 15.1. The Morgan fingerprint density at radius 1 is 1.35 bits per heavy atom. The van der Waals surface area contributed by atoms with Crippen LogP contribution in [0.3, 0.4) is 0 Å². The molecule has 0 spiro atoms. The molecular weight excluding hydrogens is 260 g/mol. The van der Waals surface area contributed by atoms with Gasteiger partial charge in [-0.15, -0.1) is 0 Å². The fourth-order valence-electron chi connectivity index (χ4n) is 3.09. The lowest BCUT2D eigenvalue weighted by Crippen LogP contribution is -2.55. The molecule has 2 aliphatic heterocycles. The lowest BCUT2D eigenvalue weighted by Gasteiger charge is -2.37. The first-order valence-electron chi connectivity index (χ1n) is 7.44. The molecule has 6 nitrogen and oxygen atoms in total. The number of carbonyl (C=O) groups excluding carboxylic acids is 1. The van der Waals surface area contributed by atoms with E-state index in [-0.39, 0.29) is 11.9 Å². The molecule has 0 aromatic rings. The predicted molar refractivity (Wildman–Crippen MR) is 73.5 cm³/mol. The van der Waals surface area contributed by atoms with Crippen molar-refractivity contribution >= 4 is 12.0 Å². The van der Waals surface area contributed by atoms with Crippen LogP contribution in [-0.2, 0) is 9.53 Å². The van der Waals surface area contributed by atoms with E-state index >= 15 is 0 Å². The van der Waals surface area contributed by atoms with Crippen LogP contribution in [-0.4, -0.2) is 54.4 Å². The Kier molecular flexibility index (Phi) is 5.23. The Labute approximate surface area is 119 Å². The maximum atomic E-state index is 12.2. The van der Waals surface area contributed by atoms with Crippen LogP contribution in [0.2, 0.25) is 0 Å². The van der Waals surface area contributed by atoms with E-state index in [0.717, 1.165) is 32.3 Å². The van der Waals surface area contributed by atoms with Gasteiger partial charge in [0.15, 0.2) is 0 Å². The molecular formula is C14H24N2O4. The molecule has 2 amide bonds. The number of carbonyl (C=O) groups is 2. The molecule has 2 fully saturated rings. The zero-order valence-electron chi connectivity index (χ0n) is 12.0. The standard InChI is InChI=1S/C14H24N2O4/c1-10-4-2-6-16(12(10)13(17)18)14(19)15-8-11-5-3-7-20-9-11/h10-12H,2-9H2,1H3,(H,15,19)(H,17,18). The Morgan fingerprint density at radius 3 is 2.80 bits per heavy atom. The molecule has 20 heavy (non-hydrogen) atoms. The molecule has 0 bridgehead atoms. The maximum absolute atomic E-state index is 12.2. The zero-order valence-corrected chi connectivity index (χ0v) is 12.0. The number of nitrogens with zero attached hydrogens (tertiary/aromatic N) is 1. The SMILES string of the molecule is CC1CCCN(C(=O)NCC2CCCOC2)C1C(=O)O. The second kappa shape index (κ2) is 6.92. The average Bonchev–Trinajstić information content (AvgIpc) is 2.45. The van der Waals surface area contributed by atoms with Crippen LogP contribution >= 0.6 is 0 Å². The van der Waals surface area contributed by atoms with Crippen LogP contribution in [0.4, 0.5) is 4.79 Å². The Hall–Kier alpha value is -1.30. The van der Waals surface area contributed by atoms with Crippen molar-refractivity contribution in [3.05, 3.63) is 0 Å². The summed E-state index contributed by atoms with van der Waals surface area (Å²) >= 11 is 0. The van der Waals surface area contributed by atoms with Gasteiger partial charge in [0, 0.05) is 19.7 Å². The number of carboxylic acids is 1. The number of aliphatic carboxylic acids is 1. The van der Waals surface area contributed by atoms with E-state index in [9.17, 15) is 14.7 Å². The van der Waals surface area contributed by atoms with Gasteiger partial charge in [0.1, 0.15) is 6.04 Å². The van der Waals surface area contributed by atoms with E-state index in [0.29, 0.717) is 25.6 Å². The van der Waals surface area contributed by atoms with E-state index in [1.807, 2.05) is 6.92 Å². The number of hydrogen-bond donors (Lipinski definition) is 2. The number of carboxylic acid groups (broad SMARTS) is 1. The number of nitrogens with one attached hydrogen (secondary N) is 1. The second-order valence-corrected chi connectivity index (χ2v) is 5.87. The highest BCUT2D eigenvalue weighted by atomic mass is 16.5. The third kappa shape index (κ3) is 3.62. The van der Waals surface area contributed by atoms with Crippen molar-refractivity contribution in [1.29, 1.82) is 0 Å². The summed E-state index contributed by atoms with van der Waals surface area (Å²) in [6, 6.07) is -0.958. The summed E-state index contributed by atoms with van der Waals surface area (Å²) in [5.41, 5.74) is 0. The first-order valence-corrected chi connectivity index (χ1v) is 7.44. The summed E-state index contributed by atoms with van der Waals surface area (Å²) in [4.78, 5) is 25.0. The van der Waals surface area contributed by atoms with Gasteiger partial charge in [-0.25, -0.2) is 9.59 Å². The Morgan fingerprint density at radius 2 is 2.15 bits per heavy atom. The molecule has 2 rings (SSSR count). The van der Waals surface area contributed by atoms with Gasteiger partial charge in [-0.2, -0.15) is 0 Å². The number of urea groups is 1. The number of ether oxygens (including phenoxy) is 1. The minimum Gasteiger partial charge on any atom is -0.480 e. The quantitative estimate of drug-likeness (QED) is 0.819. The highest BCUT2D eigenvalue weighted by Gasteiger charge is 2.37. The van der Waals surface area contributed by atoms with Gasteiger partial charge < -0.3 is 20.1 Å². The normalized spacial score (nSPS) is 30.9. The van der Waals surface area contributed by atoms with Crippen molar-refractivity contribution in [1.82, 2.24) is 10.2 Å². The van der Waals surface area contributed by atoms with Crippen LogP contribution in [0.15, 0.2) is 0 Å². The first-order chi connectivity index (χ1) is 9.59. The molecule has 114 valence electrons. The van der Waals surface area contributed by atoms with Gasteiger partial charge in [0.25, 0.3) is 0 Å². The monoisotopic (exact) mass is 284 g/mol. The van der Waals surface area contributed by atoms with Gasteiger partial charge in [0.05, 0.1) is 6.61 Å². The van der Waals surface area contributed by atoms with Gasteiger partial charge in [-0.05, 0) is 37.5 Å². The molecule has 0 aliphatic carbocycles. The van der Waals surface area contributed by atoms with Crippen LogP contribution in [0, 0.1) is 11.8 Å². The minimum absolute atomic E-state index is 0.00464. The molecule has 0 aromatic heterocycles. The Bertz CT molecular complexity index is 355. The molecule has 0 radical (unpaired) electrons. The molecule has 2 aliphatic rings.